The third-order valence-electron chi connectivity index (χ3n) is 4.38. The van der Waals surface area contributed by atoms with Crippen LogP contribution in [0.1, 0.15) is 33.1 Å². The number of thiol groups is 1. The molecule has 0 rings (SSSR count). The Hall–Kier alpha value is -2.54. The number of aliphatic imine (C=N–C) groups is 1. The van der Waals surface area contributed by atoms with Crippen molar-refractivity contribution in [1.82, 2.24) is 16.0 Å². The molecule has 3 amide bonds. The van der Waals surface area contributed by atoms with E-state index in [9.17, 15) is 19.2 Å². The summed E-state index contributed by atoms with van der Waals surface area (Å²) in [6.07, 6.45) is 1.28. The van der Waals surface area contributed by atoms with Gasteiger partial charge in [0.15, 0.2) is 5.96 Å². The van der Waals surface area contributed by atoms with Gasteiger partial charge in [-0.3, -0.25) is 19.4 Å². The zero-order valence-corrected chi connectivity index (χ0v) is 18.2. The first-order chi connectivity index (χ1) is 14.0. The summed E-state index contributed by atoms with van der Waals surface area (Å²) in [5.74, 6) is -3.33. The average Bonchev–Trinajstić information content (AvgIpc) is 2.70. The van der Waals surface area contributed by atoms with E-state index in [-0.39, 0.29) is 30.6 Å². The van der Waals surface area contributed by atoms with Crippen molar-refractivity contribution < 1.29 is 24.3 Å². The molecule has 0 spiro atoms. The highest BCUT2D eigenvalue weighted by Gasteiger charge is 2.26. The molecule has 0 fully saturated rings. The Bertz CT molecular complexity index is 628. The van der Waals surface area contributed by atoms with Crippen LogP contribution in [0, 0.1) is 5.92 Å². The van der Waals surface area contributed by atoms with Gasteiger partial charge < -0.3 is 38.3 Å². The first-order valence-electron chi connectivity index (χ1n) is 9.55. The van der Waals surface area contributed by atoms with Crippen LogP contribution in [0.25, 0.3) is 0 Å². The fourth-order valence-corrected chi connectivity index (χ4v) is 2.52. The SMILES string of the molecule is CCC(C)C(N)C(=O)NC(CCCN=C(N)N)C(=O)NCC(=O)NC(CS)C(=O)O. The molecule has 13 heteroatoms. The number of carboxylic acid groups (broad SMARTS) is 1. The standard InChI is InChI=1S/C17H33N7O5S/c1-3-9(2)13(18)15(27)24-10(5-4-6-21-17(19)20)14(26)22-7-12(25)23-11(8-30)16(28)29/h9-11,13,30H,3-8,18H2,1-2H3,(H,22,26)(H,23,25)(H,24,27)(H,28,29)(H4,19,20,21). The number of carboxylic acids is 1. The van der Waals surface area contributed by atoms with Crippen molar-refractivity contribution in [3.05, 3.63) is 0 Å². The number of nitrogens with two attached hydrogens (primary N) is 3. The largest absolute Gasteiger partial charge is 0.480 e. The van der Waals surface area contributed by atoms with Crippen LogP contribution in [-0.2, 0) is 19.2 Å². The van der Waals surface area contributed by atoms with Crippen LogP contribution >= 0.6 is 12.6 Å². The molecule has 0 saturated carbocycles. The Kier molecular flexibility index (Phi) is 13.2. The molecule has 12 nitrogen and oxygen atoms in total. The molecule has 0 aromatic heterocycles. The van der Waals surface area contributed by atoms with Gasteiger partial charge in [-0.1, -0.05) is 20.3 Å². The van der Waals surface area contributed by atoms with Gasteiger partial charge in [-0.2, -0.15) is 12.6 Å². The summed E-state index contributed by atoms with van der Waals surface area (Å²) < 4.78 is 0. The predicted octanol–water partition coefficient (Wildman–Crippen LogP) is -2.49. The van der Waals surface area contributed by atoms with E-state index in [4.69, 9.17) is 22.3 Å². The summed E-state index contributed by atoms with van der Waals surface area (Å²) in [5, 5.41) is 16.1. The molecule has 0 radical (unpaired) electrons. The van der Waals surface area contributed by atoms with Crippen LogP contribution in [0.2, 0.25) is 0 Å². The van der Waals surface area contributed by atoms with E-state index in [2.05, 4.69) is 33.6 Å². The van der Waals surface area contributed by atoms with E-state index < -0.39 is 48.4 Å². The molecular weight excluding hydrogens is 414 g/mol. The van der Waals surface area contributed by atoms with Crippen molar-refractivity contribution in [2.75, 3.05) is 18.8 Å². The normalized spacial score (nSPS) is 14.5. The number of aliphatic carboxylic acids is 1. The molecule has 0 aromatic carbocycles. The molecule has 30 heavy (non-hydrogen) atoms. The van der Waals surface area contributed by atoms with Crippen LogP contribution in [0.3, 0.4) is 0 Å². The first-order valence-corrected chi connectivity index (χ1v) is 10.2. The minimum Gasteiger partial charge on any atom is -0.480 e. The van der Waals surface area contributed by atoms with Crippen molar-refractivity contribution in [2.24, 2.45) is 28.1 Å². The summed E-state index contributed by atoms with van der Waals surface area (Å²) in [5.41, 5.74) is 16.4. The second kappa shape index (κ2) is 14.4. The summed E-state index contributed by atoms with van der Waals surface area (Å²) in [7, 11) is 0. The lowest BCUT2D eigenvalue weighted by Crippen LogP contribution is -2.54. The predicted molar refractivity (Wildman–Crippen MR) is 116 cm³/mol. The molecule has 0 aliphatic heterocycles. The fraction of sp³-hybridized carbons (Fsp3) is 0.706. The molecule has 4 atom stereocenters. The Balaban J connectivity index is 4.95. The Morgan fingerprint density at radius 1 is 1.10 bits per heavy atom. The zero-order chi connectivity index (χ0) is 23.3. The Morgan fingerprint density at radius 3 is 2.23 bits per heavy atom. The van der Waals surface area contributed by atoms with Crippen LogP contribution < -0.4 is 33.2 Å². The number of guanidine groups is 1. The van der Waals surface area contributed by atoms with Crippen molar-refractivity contribution >= 4 is 42.3 Å². The molecule has 0 saturated heterocycles. The molecule has 4 unspecified atom stereocenters. The van der Waals surface area contributed by atoms with Crippen molar-refractivity contribution in [3.63, 3.8) is 0 Å². The average molecular weight is 448 g/mol. The van der Waals surface area contributed by atoms with E-state index in [1.54, 1.807) is 0 Å². The van der Waals surface area contributed by atoms with Crippen molar-refractivity contribution in [3.8, 4) is 0 Å². The highest BCUT2D eigenvalue weighted by atomic mass is 32.1. The lowest BCUT2D eigenvalue weighted by atomic mass is 9.98. The highest BCUT2D eigenvalue weighted by molar-refractivity contribution is 7.80. The second-order valence-corrected chi connectivity index (χ2v) is 7.15. The zero-order valence-electron chi connectivity index (χ0n) is 17.3. The number of hydrogen-bond acceptors (Lipinski definition) is 7. The number of rotatable bonds is 14. The van der Waals surface area contributed by atoms with Gasteiger partial charge in [-0.05, 0) is 18.8 Å². The van der Waals surface area contributed by atoms with Gasteiger partial charge in [-0.15, -0.1) is 0 Å². The van der Waals surface area contributed by atoms with Crippen LogP contribution in [-0.4, -0.2) is 71.7 Å². The Morgan fingerprint density at radius 2 is 1.73 bits per heavy atom. The van der Waals surface area contributed by atoms with Gasteiger partial charge in [0.1, 0.15) is 12.1 Å². The molecule has 0 aromatic rings. The van der Waals surface area contributed by atoms with Crippen LogP contribution in [0.4, 0.5) is 0 Å². The van der Waals surface area contributed by atoms with Crippen LogP contribution in [0.5, 0.6) is 0 Å². The van der Waals surface area contributed by atoms with Gasteiger partial charge in [-0.25, -0.2) is 4.79 Å². The summed E-state index contributed by atoms with van der Waals surface area (Å²) >= 11 is 3.84. The molecule has 0 aliphatic rings. The maximum Gasteiger partial charge on any atom is 0.327 e. The van der Waals surface area contributed by atoms with E-state index in [0.29, 0.717) is 12.8 Å². The maximum absolute atomic E-state index is 12.5. The van der Waals surface area contributed by atoms with E-state index in [0.717, 1.165) is 0 Å². The third kappa shape index (κ3) is 10.9. The molecule has 10 N–H and O–H groups in total. The van der Waals surface area contributed by atoms with E-state index in [1.807, 2.05) is 13.8 Å². The van der Waals surface area contributed by atoms with Crippen LogP contribution in [0.15, 0.2) is 4.99 Å². The van der Waals surface area contributed by atoms with Gasteiger partial charge in [0.25, 0.3) is 0 Å². The Labute approximate surface area is 181 Å². The summed E-state index contributed by atoms with van der Waals surface area (Å²) in [6.45, 7) is 3.50. The minimum atomic E-state index is -1.24. The topological polar surface area (TPSA) is 215 Å². The summed E-state index contributed by atoms with van der Waals surface area (Å²) in [6, 6.07) is -2.94. The van der Waals surface area contributed by atoms with Crippen molar-refractivity contribution in [1.29, 1.82) is 0 Å². The smallest absolute Gasteiger partial charge is 0.327 e. The van der Waals surface area contributed by atoms with Gasteiger partial charge in [0.05, 0.1) is 12.6 Å². The number of carbonyl (C=O) groups excluding carboxylic acids is 3. The first kappa shape index (κ1) is 27.5. The lowest BCUT2D eigenvalue weighted by molar-refractivity contribution is -0.141. The number of nitrogens with one attached hydrogen (secondary N) is 3. The third-order valence-corrected chi connectivity index (χ3v) is 4.74. The maximum atomic E-state index is 12.5. The molecule has 0 aliphatic carbocycles. The van der Waals surface area contributed by atoms with Gasteiger partial charge >= 0.3 is 5.97 Å². The van der Waals surface area contributed by atoms with E-state index >= 15 is 0 Å². The molecule has 0 bridgehead atoms. The van der Waals surface area contributed by atoms with Gasteiger partial charge in [0, 0.05) is 12.3 Å². The monoisotopic (exact) mass is 447 g/mol. The number of amides is 3. The lowest BCUT2D eigenvalue weighted by Gasteiger charge is -2.23. The highest BCUT2D eigenvalue weighted by Crippen LogP contribution is 2.07. The fourth-order valence-electron chi connectivity index (χ4n) is 2.27. The quantitative estimate of drug-likeness (QED) is 0.0615. The molecule has 0 heterocycles. The minimum absolute atomic E-state index is 0.0877. The van der Waals surface area contributed by atoms with Crippen molar-refractivity contribution in [2.45, 2.75) is 51.2 Å². The van der Waals surface area contributed by atoms with Gasteiger partial charge in [0.2, 0.25) is 17.7 Å². The second-order valence-electron chi connectivity index (χ2n) is 6.78. The number of nitrogens with zero attached hydrogens (tertiary/aromatic N) is 1. The number of carbonyl (C=O) groups is 4. The molecule has 172 valence electrons. The number of hydrogen-bond donors (Lipinski definition) is 8. The van der Waals surface area contributed by atoms with E-state index in [1.165, 1.54) is 0 Å². The summed E-state index contributed by atoms with van der Waals surface area (Å²) in [4.78, 5) is 51.5. The molecular formula is C17H33N7O5S.